The smallest absolute Gasteiger partial charge is 0.307 e. The van der Waals surface area contributed by atoms with Crippen molar-refractivity contribution in [2.75, 3.05) is 31.4 Å². The monoisotopic (exact) mass is 469 g/mol. The fourth-order valence-electron chi connectivity index (χ4n) is 3.33. The van der Waals surface area contributed by atoms with Crippen LogP contribution in [0.2, 0.25) is 0 Å². The highest BCUT2D eigenvalue weighted by atomic mass is 32.2. The van der Waals surface area contributed by atoms with E-state index < -0.39 is 5.97 Å². The minimum Gasteiger partial charge on any atom is -0.490 e. The molecule has 3 aromatic rings. The van der Waals surface area contributed by atoms with Crippen LogP contribution in [0, 0.1) is 0 Å². The van der Waals surface area contributed by atoms with Crippen molar-refractivity contribution < 1.29 is 23.8 Å². The molecule has 1 amide bonds. The highest BCUT2D eigenvalue weighted by Crippen LogP contribution is 2.32. The molecule has 33 heavy (non-hydrogen) atoms. The zero-order chi connectivity index (χ0) is 23.2. The molecule has 0 spiro atoms. The third-order valence-corrected chi connectivity index (χ3v) is 5.93. The Hall–Kier alpha value is -3.53. The van der Waals surface area contributed by atoms with Crippen molar-refractivity contribution in [1.82, 2.24) is 9.55 Å². The van der Waals surface area contributed by atoms with Gasteiger partial charge in [0, 0.05) is 24.7 Å². The number of anilines is 1. The first kappa shape index (κ1) is 22.7. The Kier molecular flexibility index (Phi) is 7.13. The molecule has 0 saturated carbocycles. The van der Waals surface area contributed by atoms with Gasteiger partial charge in [0.1, 0.15) is 0 Å². The van der Waals surface area contributed by atoms with Gasteiger partial charge < -0.3 is 19.5 Å². The minimum atomic E-state index is -0.432. The highest BCUT2D eigenvalue weighted by Gasteiger charge is 2.16. The molecule has 0 radical (unpaired) electrons. The average molecular weight is 470 g/mol. The second-order valence-corrected chi connectivity index (χ2v) is 8.19. The van der Waals surface area contributed by atoms with Gasteiger partial charge in [-0.3, -0.25) is 19.0 Å². The Bertz CT molecular complexity index is 1240. The van der Waals surface area contributed by atoms with Crippen LogP contribution in [-0.4, -0.2) is 47.5 Å². The zero-order valence-electron chi connectivity index (χ0n) is 18.0. The van der Waals surface area contributed by atoms with E-state index in [9.17, 15) is 14.4 Å². The molecule has 1 aliphatic heterocycles. The molecule has 0 unspecified atom stereocenters. The van der Waals surface area contributed by atoms with Gasteiger partial charge in [-0.15, -0.1) is 0 Å². The van der Waals surface area contributed by atoms with E-state index in [1.54, 1.807) is 42.5 Å². The summed E-state index contributed by atoms with van der Waals surface area (Å²) in [6, 6.07) is 12.2. The molecule has 0 atom stereocenters. The number of carbonyl (C=O) groups excluding carboxylic acids is 2. The van der Waals surface area contributed by atoms with Crippen molar-refractivity contribution in [2.45, 2.75) is 24.5 Å². The largest absolute Gasteiger partial charge is 0.490 e. The summed E-state index contributed by atoms with van der Waals surface area (Å²) in [4.78, 5) is 41.7. The topological polar surface area (TPSA) is 109 Å². The van der Waals surface area contributed by atoms with Gasteiger partial charge in [0.15, 0.2) is 16.7 Å². The lowest BCUT2D eigenvalue weighted by Crippen LogP contribution is -2.25. The van der Waals surface area contributed by atoms with Crippen molar-refractivity contribution in [2.24, 2.45) is 0 Å². The highest BCUT2D eigenvalue weighted by molar-refractivity contribution is 7.99. The standard InChI is InChI=1S/C23H23N3O6S/c1-30-21(28)9-10-26-22(29)16-5-2-3-6-17(16)25-23(26)33-14-20(27)24-15-7-8-18-19(13-15)32-12-4-11-31-18/h2-3,5-8,13H,4,9-12,14H2,1H3,(H,24,27). The number of carbonyl (C=O) groups is 2. The molecule has 1 aliphatic rings. The van der Waals surface area contributed by atoms with Gasteiger partial charge in [0.2, 0.25) is 5.91 Å². The van der Waals surface area contributed by atoms with Gasteiger partial charge in [0.05, 0.1) is 43.4 Å². The summed E-state index contributed by atoms with van der Waals surface area (Å²) < 4.78 is 17.4. The molecule has 2 aromatic carbocycles. The summed E-state index contributed by atoms with van der Waals surface area (Å²) in [5, 5.41) is 3.63. The molecule has 9 nitrogen and oxygen atoms in total. The first-order chi connectivity index (χ1) is 16.0. The lowest BCUT2D eigenvalue weighted by molar-refractivity contribution is -0.140. The van der Waals surface area contributed by atoms with Crippen LogP contribution in [0.15, 0.2) is 52.4 Å². The van der Waals surface area contributed by atoms with Crippen molar-refractivity contribution >= 4 is 40.2 Å². The number of para-hydroxylation sites is 1. The number of hydrogen-bond acceptors (Lipinski definition) is 8. The summed E-state index contributed by atoms with van der Waals surface area (Å²) in [6.07, 6.45) is 0.816. The van der Waals surface area contributed by atoms with Crippen molar-refractivity contribution in [3.8, 4) is 11.5 Å². The third kappa shape index (κ3) is 5.46. The Balaban J connectivity index is 1.50. The van der Waals surface area contributed by atoms with E-state index in [0.29, 0.717) is 46.5 Å². The number of benzene rings is 2. The van der Waals surface area contributed by atoms with E-state index in [2.05, 4.69) is 15.0 Å². The Labute approximate surface area is 194 Å². The van der Waals surface area contributed by atoms with Gasteiger partial charge in [-0.05, 0) is 24.3 Å². The SMILES string of the molecule is COC(=O)CCn1c(SCC(=O)Nc2ccc3c(c2)OCCCO3)nc2ccccc2c1=O. The summed E-state index contributed by atoms with van der Waals surface area (Å²) >= 11 is 1.13. The van der Waals surface area contributed by atoms with Gasteiger partial charge in [-0.25, -0.2) is 4.98 Å². The molecule has 0 bridgehead atoms. The first-order valence-electron chi connectivity index (χ1n) is 10.4. The van der Waals surface area contributed by atoms with E-state index >= 15 is 0 Å². The van der Waals surface area contributed by atoms with Crippen LogP contribution in [0.5, 0.6) is 11.5 Å². The molecule has 2 heterocycles. The van der Waals surface area contributed by atoms with Crippen LogP contribution in [-0.2, 0) is 20.9 Å². The molecule has 172 valence electrons. The maximum absolute atomic E-state index is 13.0. The number of ether oxygens (including phenoxy) is 3. The molecule has 0 aliphatic carbocycles. The summed E-state index contributed by atoms with van der Waals surface area (Å²) in [5.74, 6) is 0.562. The lowest BCUT2D eigenvalue weighted by atomic mass is 10.2. The second kappa shape index (κ2) is 10.4. The molecule has 4 rings (SSSR count). The Morgan fingerprint density at radius 3 is 2.76 bits per heavy atom. The number of aromatic nitrogens is 2. The predicted octanol–water partition coefficient (Wildman–Crippen LogP) is 2.85. The van der Waals surface area contributed by atoms with Crippen LogP contribution >= 0.6 is 11.8 Å². The number of methoxy groups -OCH3 is 1. The fourth-order valence-corrected chi connectivity index (χ4v) is 4.15. The summed E-state index contributed by atoms with van der Waals surface area (Å²) in [5.41, 5.74) is 0.845. The Morgan fingerprint density at radius 1 is 1.15 bits per heavy atom. The minimum absolute atomic E-state index is 0.0212. The quantitative estimate of drug-likeness (QED) is 0.320. The molecule has 10 heteroatoms. The number of nitrogens with one attached hydrogen (secondary N) is 1. The predicted molar refractivity (Wildman–Crippen MR) is 124 cm³/mol. The van der Waals surface area contributed by atoms with Gasteiger partial charge >= 0.3 is 5.97 Å². The number of thioether (sulfide) groups is 1. The number of esters is 1. The molecule has 0 fully saturated rings. The normalized spacial score (nSPS) is 12.8. The van der Waals surface area contributed by atoms with Gasteiger partial charge in [-0.1, -0.05) is 23.9 Å². The lowest BCUT2D eigenvalue weighted by Gasteiger charge is -2.13. The van der Waals surface area contributed by atoms with Crippen LogP contribution < -0.4 is 20.3 Å². The van der Waals surface area contributed by atoms with Crippen LogP contribution in [0.25, 0.3) is 10.9 Å². The maximum Gasteiger partial charge on any atom is 0.307 e. The molecule has 0 saturated heterocycles. The summed E-state index contributed by atoms with van der Waals surface area (Å²) in [7, 11) is 1.30. The fraction of sp³-hybridized carbons (Fsp3) is 0.304. The zero-order valence-corrected chi connectivity index (χ0v) is 18.9. The summed E-state index contributed by atoms with van der Waals surface area (Å²) in [6.45, 7) is 1.25. The Morgan fingerprint density at radius 2 is 1.94 bits per heavy atom. The van der Waals surface area contributed by atoms with Crippen molar-refractivity contribution in [3.63, 3.8) is 0 Å². The number of nitrogens with zero attached hydrogens (tertiary/aromatic N) is 2. The first-order valence-corrected chi connectivity index (χ1v) is 11.4. The number of amides is 1. The average Bonchev–Trinajstić information content (AvgIpc) is 3.07. The van der Waals surface area contributed by atoms with E-state index in [-0.39, 0.29) is 30.2 Å². The number of rotatable bonds is 7. The van der Waals surface area contributed by atoms with Gasteiger partial charge in [-0.2, -0.15) is 0 Å². The van der Waals surface area contributed by atoms with Crippen LogP contribution in [0.4, 0.5) is 5.69 Å². The second-order valence-electron chi connectivity index (χ2n) is 7.24. The van der Waals surface area contributed by atoms with Gasteiger partial charge in [0.25, 0.3) is 5.56 Å². The third-order valence-electron chi connectivity index (χ3n) is 4.96. The number of fused-ring (bicyclic) bond motifs is 2. The molecule has 1 aromatic heterocycles. The van der Waals surface area contributed by atoms with E-state index in [4.69, 9.17) is 9.47 Å². The van der Waals surface area contributed by atoms with Crippen LogP contribution in [0.1, 0.15) is 12.8 Å². The van der Waals surface area contributed by atoms with Crippen molar-refractivity contribution in [1.29, 1.82) is 0 Å². The molecule has 1 N–H and O–H groups in total. The molecular weight excluding hydrogens is 446 g/mol. The van der Waals surface area contributed by atoms with E-state index in [1.807, 2.05) is 0 Å². The van der Waals surface area contributed by atoms with E-state index in [0.717, 1.165) is 18.2 Å². The van der Waals surface area contributed by atoms with Crippen molar-refractivity contribution in [3.05, 3.63) is 52.8 Å². The van der Waals surface area contributed by atoms with Crippen LogP contribution in [0.3, 0.4) is 0 Å². The maximum atomic E-state index is 13.0. The van der Waals surface area contributed by atoms with E-state index in [1.165, 1.54) is 11.7 Å². The molecular formula is C23H23N3O6S. The number of hydrogen-bond donors (Lipinski definition) is 1.